The normalized spacial score (nSPS) is 10.9. The number of carbonyl (C=O) groups is 1. The van der Waals surface area contributed by atoms with Crippen LogP contribution in [0.15, 0.2) is 47.6 Å². The van der Waals surface area contributed by atoms with Gasteiger partial charge in [-0.05, 0) is 18.2 Å². The fraction of sp³-hybridized carbons (Fsp3) is 0.158. The molecule has 7 heteroatoms. The monoisotopic (exact) mass is 353 g/mol. The minimum atomic E-state index is -0.486. The van der Waals surface area contributed by atoms with Crippen LogP contribution < -0.4 is 14.9 Å². The van der Waals surface area contributed by atoms with Crippen molar-refractivity contribution in [2.24, 2.45) is 5.10 Å². The molecule has 26 heavy (non-hydrogen) atoms. The van der Waals surface area contributed by atoms with E-state index in [1.807, 2.05) is 30.3 Å². The van der Waals surface area contributed by atoms with Crippen molar-refractivity contribution in [1.29, 1.82) is 0 Å². The van der Waals surface area contributed by atoms with E-state index in [2.05, 4.69) is 15.5 Å². The number of nitrogens with one attached hydrogen (secondary N) is 2. The van der Waals surface area contributed by atoms with Gasteiger partial charge in [0.05, 0.1) is 38.7 Å². The third kappa shape index (κ3) is 3.32. The maximum Gasteiger partial charge on any atom is 0.355 e. The zero-order chi connectivity index (χ0) is 18.5. The van der Waals surface area contributed by atoms with Crippen LogP contribution in [0.25, 0.3) is 10.9 Å². The molecule has 2 N–H and O–H groups in total. The van der Waals surface area contributed by atoms with Gasteiger partial charge in [0.2, 0.25) is 0 Å². The number of methoxy groups -OCH3 is 3. The Morgan fingerprint density at radius 2 is 1.77 bits per heavy atom. The maximum atomic E-state index is 12.1. The van der Waals surface area contributed by atoms with Crippen molar-refractivity contribution in [2.75, 3.05) is 26.8 Å². The smallest absolute Gasteiger partial charge is 0.355 e. The maximum absolute atomic E-state index is 12.1. The highest BCUT2D eigenvalue weighted by molar-refractivity contribution is 6.10. The van der Waals surface area contributed by atoms with Crippen LogP contribution in [-0.2, 0) is 4.74 Å². The standard InChI is InChI=1S/C19H19N3O4/c1-24-16-9-13-14(11-20-22-12-7-5-4-6-8-12)18(19(23)26-3)21-15(13)10-17(16)25-2/h4-11,21-22H,1-3H3/b20-11-. The van der Waals surface area contributed by atoms with Crippen molar-refractivity contribution < 1.29 is 19.0 Å². The largest absolute Gasteiger partial charge is 0.493 e. The van der Waals surface area contributed by atoms with Crippen LogP contribution >= 0.6 is 0 Å². The number of aromatic amines is 1. The number of hydrogen-bond acceptors (Lipinski definition) is 6. The lowest BCUT2D eigenvalue weighted by atomic mass is 10.1. The van der Waals surface area contributed by atoms with Gasteiger partial charge in [-0.2, -0.15) is 5.10 Å². The van der Waals surface area contributed by atoms with Crippen molar-refractivity contribution in [3.63, 3.8) is 0 Å². The van der Waals surface area contributed by atoms with Crippen LogP contribution in [0.3, 0.4) is 0 Å². The third-order valence-corrected chi connectivity index (χ3v) is 3.89. The molecule has 0 saturated carbocycles. The van der Waals surface area contributed by atoms with Gasteiger partial charge >= 0.3 is 5.97 Å². The number of hydrazone groups is 1. The van der Waals surface area contributed by atoms with Gasteiger partial charge in [0.15, 0.2) is 11.5 Å². The summed E-state index contributed by atoms with van der Waals surface area (Å²) in [5.41, 5.74) is 5.37. The summed E-state index contributed by atoms with van der Waals surface area (Å²) in [4.78, 5) is 15.2. The van der Waals surface area contributed by atoms with Gasteiger partial charge in [-0.1, -0.05) is 18.2 Å². The predicted octanol–water partition coefficient (Wildman–Crippen LogP) is 3.42. The van der Waals surface area contributed by atoms with E-state index >= 15 is 0 Å². The lowest BCUT2D eigenvalue weighted by Gasteiger charge is -2.07. The van der Waals surface area contributed by atoms with E-state index in [9.17, 15) is 4.79 Å². The second-order valence-electron chi connectivity index (χ2n) is 5.39. The van der Waals surface area contributed by atoms with Gasteiger partial charge in [-0.3, -0.25) is 5.43 Å². The highest BCUT2D eigenvalue weighted by atomic mass is 16.5. The highest BCUT2D eigenvalue weighted by Crippen LogP contribution is 2.34. The molecule has 0 fully saturated rings. The number of para-hydroxylation sites is 1. The van der Waals surface area contributed by atoms with Gasteiger partial charge in [0, 0.05) is 17.0 Å². The van der Waals surface area contributed by atoms with E-state index in [0.717, 1.165) is 11.1 Å². The van der Waals surface area contributed by atoms with E-state index in [-0.39, 0.29) is 0 Å². The number of hydrogen-bond donors (Lipinski definition) is 2. The van der Waals surface area contributed by atoms with E-state index in [1.165, 1.54) is 7.11 Å². The summed E-state index contributed by atoms with van der Waals surface area (Å²) >= 11 is 0. The van der Waals surface area contributed by atoms with E-state index < -0.39 is 5.97 Å². The fourth-order valence-electron chi connectivity index (χ4n) is 2.62. The summed E-state index contributed by atoms with van der Waals surface area (Å²) < 4.78 is 15.5. The molecule has 0 unspecified atom stereocenters. The lowest BCUT2D eigenvalue weighted by molar-refractivity contribution is 0.0595. The summed E-state index contributed by atoms with van der Waals surface area (Å²) in [6.07, 6.45) is 1.57. The van der Waals surface area contributed by atoms with Crippen molar-refractivity contribution in [1.82, 2.24) is 4.98 Å². The van der Waals surface area contributed by atoms with E-state index in [1.54, 1.807) is 32.6 Å². The molecule has 1 aromatic heterocycles. The number of aromatic nitrogens is 1. The first-order chi connectivity index (χ1) is 12.7. The Morgan fingerprint density at radius 3 is 2.42 bits per heavy atom. The molecule has 0 atom stereocenters. The molecule has 0 aliphatic carbocycles. The Labute approximate surface area is 150 Å². The molecule has 134 valence electrons. The van der Waals surface area contributed by atoms with Crippen molar-refractivity contribution >= 4 is 28.8 Å². The molecule has 0 spiro atoms. The van der Waals surface area contributed by atoms with Gasteiger partial charge in [0.1, 0.15) is 5.69 Å². The zero-order valence-electron chi connectivity index (χ0n) is 14.7. The summed E-state index contributed by atoms with van der Waals surface area (Å²) in [5, 5.41) is 5.00. The molecule has 0 saturated heterocycles. The first-order valence-electron chi connectivity index (χ1n) is 7.88. The Kier molecular flexibility index (Phi) is 5.07. The van der Waals surface area contributed by atoms with Crippen LogP contribution in [0.2, 0.25) is 0 Å². The summed E-state index contributed by atoms with van der Waals surface area (Å²) in [5.74, 6) is 0.630. The number of benzene rings is 2. The Hall–Kier alpha value is -3.48. The SMILES string of the molecule is COC(=O)c1[nH]c2cc(OC)c(OC)cc2c1/C=N\Nc1ccccc1. The molecule has 2 aromatic carbocycles. The number of ether oxygens (including phenoxy) is 3. The Balaban J connectivity index is 2.06. The van der Waals surface area contributed by atoms with E-state index in [0.29, 0.717) is 28.3 Å². The fourth-order valence-corrected chi connectivity index (χ4v) is 2.62. The number of H-pyrrole nitrogens is 1. The second kappa shape index (κ2) is 7.60. The van der Waals surface area contributed by atoms with Gasteiger partial charge in [-0.25, -0.2) is 4.79 Å². The molecule has 3 rings (SSSR count). The van der Waals surface area contributed by atoms with Crippen LogP contribution in [0.5, 0.6) is 11.5 Å². The van der Waals surface area contributed by atoms with Gasteiger partial charge in [0.25, 0.3) is 0 Å². The second-order valence-corrected chi connectivity index (χ2v) is 5.39. The number of anilines is 1. The van der Waals surface area contributed by atoms with Crippen molar-refractivity contribution in [2.45, 2.75) is 0 Å². The molecular formula is C19H19N3O4. The first-order valence-corrected chi connectivity index (χ1v) is 7.88. The first kappa shape index (κ1) is 17.3. The van der Waals surface area contributed by atoms with Gasteiger partial charge < -0.3 is 19.2 Å². The number of nitrogens with zero attached hydrogens (tertiary/aromatic N) is 1. The number of rotatable bonds is 6. The molecule has 0 amide bonds. The number of carbonyl (C=O) groups excluding carboxylic acids is 1. The zero-order valence-corrected chi connectivity index (χ0v) is 14.7. The summed E-state index contributed by atoms with van der Waals surface area (Å²) in [7, 11) is 4.44. The third-order valence-electron chi connectivity index (χ3n) is 3.89. The van der Waals surface area contributed by atoms with Crippen molar-refractivity contribution in [3.05, 3.63) is 53.7 Å². The average Bonchev–Trinajstić information content (AvgIpc) is 3.04. The van der Waals surface area contributed by atoms with E-state index in [4.69, 9.17) is 14.2 Å². The van der Waals surface area contributed by atoms with Crippen molar-refractivity contribution in [3.8, 4) is 11.5 Å². The van der Waals surface area contributed by atoms with Crippen LogP contribution in [0.1, 0.15) is 16.1 Å². The van der Waals surface area contributed by atoms with Crippen LogP contribution in [-0.4, -0.2) is 38.5 Å². The molecule has 0 aliphatic heterocycles. The lowest BCUT2D eigenvalue weighted by Crippen LogP contribution is -2.05. The molecule has 0 aliphatic rings. The quantitative estimate of drug-likeness (QED) is 0.403. The van der Waals surface area contributed by atoms with Crippen LogP contribution in [0, 0.1) is 0 Å². The molecule has 0 bridgehead atoms. The van der Waals surface area contributed by atoms with Gasteiger partial charge in [-0.15, -0.1) is 0 Å². The molecule has 0 radical (unpaired) electrons. The minimum absolute atomic E-state index is 0.302. The predicted molar refractivity (Wildman–Crippen MR) is 100 cm³/mol. The minimum Gasteiger partial charge on any atom is -0.493 e. The Bertz CT molecular complexity index is 948. The highest BCUT2D eigenvalue weighted by Gasteiger charge is 2.19. The summed E-state index contributed by atoms with van der Waals surface area (Å²) in [6.45, 7) is 0. The molecule has 3 aromatic rings. The topological polar surface area (TPSA) is 84.9 Å². The number of esters is 1. The molecular weight excluding hydrogens is 334 g/mol. The van der Waals surface area contributed by atoms with Crippen LogP contribution in [0.4, 0.5) is 5.69 Å². The molecule has 7 nitrogen and oxygen atoms in total. The molecule has 1 heterocycles. The number of fused-ring (bicyclic) bond motifs is 1. The summed E-state index contributed by atoms with van der Waals surface area (Å²) in [6, 6.07) is 13.1. The average molecular weight is 353 g/mol. The Morgan fingerprint density at radius 1 is 1.08 bits per heavy atom.